The summed E-state index contributed by atoms with van der Waals surface area (Å²) < 4.78 is 7.27. The molecule has 5 nitrogen and oxygen atoms in total. The normalized spacial score (nSPS) is 20.1. The Morgan fingerprint density at radius 1 is 1.30 bits per heavy atom. The van der Waals surface area contributed by atoms with Gasteiger partial charge < -0.3 is 9.30 Å². The summed E-state index contributed by atoms with van der Waals surface area (Å²) in [5.41, 5.74) is 5.51. The summed E-state index contributed by atoms with van der Waals surface area (Å²) in [6.07, 6.45) is 4.89. The van der Waals surface area contributed by atoms with Crippen LogP contribution >= 0.6 is 0 Å². The molecule has 0 spiro atoms. The zero-order valence-corrected chi connectivity index (χ0v) is 13.2. The number of H-pyrrole nitrogens is 1. The molecule has 118 valence electrons. The number of nitrogens with zero attached hydrogens (tertiary/aromatic N) is 2. The SMILES string of the molecule is Cc1[nH]nc2c1c(=O)n(CC1CO1)c1cc3c(cc21)CCCC3. The molecule has 5 heteroatoms. The first-order valence-corrected chi connectivity index (χ1v) is 8.37. The van der Waals surface area contributed by atoms with Crippen molar-refractivity contribution in [2.24, 2.45) is 0 Å². The number of rotatable bonds is 2. The molecule has 0 bridgehead atoms. The van der Waals surface area contributed by atoms with Gasteiger partial charge in [0.25, 0.3) is 5.56 Å². The van der Waals surface area contributed by atoms with Gasteiger partial charge in [0.1, 0.15) is 5.52 Å². The van der Waals surface area contributed by atoms with Crippen LogP contribution in [0, 0.1) is 6.92 Å². The van der Waals surface area contributed by atoms with Gasteiger partial charge in [-0.15, -0.1) is 0 Å². The molecule has 1 unspecified atom stereocenters. The Hall–Kier alpha value is -2.14. The molecule has 1 N–H and O–H groups in total. The monoisotopic (exact) mass is 309 g/mol. The molecule has 1 atom stereocenters. The van der Waals surface area contributed by atoms with Gasteiger partial charge in [-0.25, -0.2) is 0 Å². The largest absolute Gasteiger partial charge is 0.371 e. The van der Waals surface area contributed by atoms with E-state index >= 15 is 0 Å². The second-order valence-corrected chi connectivity index (χ2v) is 6.79. The lowest BCUT2D eigenvalue weighted by molar-refractivity contribution is 0.383. The number of aromatic amines is 1. The molecule has 5 rings (SSSR count). The lowest BCUT2D eigenvalue weighted by Crippen LogP contribution is -2.24. The van der Waals surface area contributed by atoms with E-state index in [-0.39, 0.29) is 11.7 Å². The summed E-state index contributed by atoms with van der Waals surface area (Å²) in [6, 6.07) is 4.48. The first-order chi connectivity index (χ1) is 11.2. The van der Waals surface area contributed by atoms with Crippen LogP contribution in [0.4, 0.5) is 0 Å². The molecule has 23 heavy (non-hydrogen) atoms. The van der Waals surface area contributed by atoms with E-state index in [9.17, 15) is 4.79 Å². The van der Waals surface area contributed by atoms with E-state index in [1.807, 2.05) is 11.5 Å². The van der Waals surface area contributed by atoms with Crippen LogP contribution in [0.5, 0.6) is 0 Å². The highest BCUT2D eigenvalue weighted by Gasteiger charge is 2.26. The van der Waals surface area contributed by atoms with Gasteiger partial charge >= 0.3 is 0 Å². The average Bonchev–Trinajstić information content (AvgIpc) is 3.30. The van der Waals surface area contributed by atoms with E-state index in [0.717, 1.165) is 41.6 Å². The predicted octanol–water partition coefficient (Wildman–Crippen LogP) is 2.46. The van der Waals surface area contributed by atoms with Crippen LogP contribution in [0.25, 0.3) is 21.8 Å². The molecule has 3 aromatic rings. The number of nitrogens with one attached hydrogen (secondary N) is 1. The van der Waals surface area contributed by atoms with E-state index in [1.54, 1.807) is 0 Å². The number of aromatic nitrogens is 3. The van der Waals surface area contributed by atoms with Crippen molar-refractivity contribution in [2.45, 2.75) is 45.3 Å². The highest BCUT2D eigenvalue weighted by atomic mass is 16.6. The number of hydrogen-bond acceptors (Lipinski definition) is 3. The Bertz CT molecular complexity index is 995. The molecule has 2 aromatic heterocycles. The van der Waals surface area contributed by atoms with Gasteiger partial charge in [-0.3, -0.25) is 9.89 Å². The minimum atomic E-state index is 0.0463. The predicted molar refractivity (Wildman–Crippen MR) is 89.0 cm³/mol. The summed E-state index contributed by atoms with van der Waals surface area (Å²) in [5, 5.41) is 9.22. The third kappa shape index (κ3) is 1.96. The third-order valence-electron chi connectivity index (χ3n) is 5.20. The molecule has 1 aliphatic heterocycles. The molecule has 2 aliphatic rings. The van der Waals surface area contributed by atoms with Gasteiger partial charge in [0.05, 0.1) is 30.2 Å². The summed E-state index contributed by atoms with van der Waals surface area (Å²) in [6.45, 7) is 3.30. The van der Waals surface area contributed by atoms with Crippen LogP contribution in [0.1, 0.15) is 29.7 Å². The minimum Gasteiger partial charge on any atom is -0.371 e. The van der Waals surface area contributed by atoms with E-state index in [1.165, 1.54) is 24.0 Å². The van der Waals surface area contributed by atoms with E-state index < -0.39 is 0 Å². The molecule has 1 aromatic carbocycles. The van der Waals surface area contributed by atoms with Crippen molar-refractivity contribution in [1.82, 2.24) is 14.8 Å². The molecule has 1 fully saturated rings. The fraction of sp³-hybridized carbons (Fsp3) is 0.444. The Labute approximate surface area is 133 Å². The van der Waals surface area contributed by atoms with Crippen molar-refractivity contribution < 1.29 is 4.74 Å². The second-order valence-electron chi connectivity index (χ2n) is 6.79. The number of hydrogen-bond donors (Lipinski definition) is 1. The number of fused-ring (bicyclic) bond motifs is 4. The molecule has 0 saturated carbocycles. The average molecular weight is 309 g/mol. The summed E-state index contributed by atoms with van der Waals surface area (Å²) in [7, 11) is 0. The number of benzene rings is 1. The van der Waals surface area contributed by atoms with Crippen LogP contribution in [-0.4, -0.2) is 27.5 Å². The first kappa shape index (κ1) is 13.3. The number of ether oxygens (including phenoxy) is 1. The molecular weight excluding hydrogens is 290 g/mol. The maximum atomic E-state index is 13.0. The Balaban J connectivity index is 1.91. The summed E-state index contributed by atoms with van der Waals surface area (Å²) in [5.74, 6) is 0. The van der Waals surface area contributed by atoms with Crippen LogP contribution in [-0.2, 0) is 24.1 Å². The quantitative estimate of drug-likeness (QED) is 0.740. The number of epoxide rings is 1. The van der Waals surface area contributed by atoms with E-state index in [0.29, 0.717) is 11.9 Å². The van der Waals surface area contributed by atoms with E-state index in [4.69, 9.17) is 4.74 Å². The van der Waals surface area contributed by atoms with Crippen molar-refractivity contribution in [3.63, 3.8) is 0 Å². The number of aryl methyl sites for hydroxylation is 3. The molecule has 0 amide bonds. The van der Waals surface area contributed by atoms with Gasteiger partial charge in [-0.1, -0.05) is 0 Å². The fourth-order valence-electron chi connectivity index (χ4n) is 3.87. The standard InChI is InChI=1S/C18H19N3O2/c1-10-16-17(20-19-10)14-6-11-4-2-3-5-12(11)7-15(14)21(18(16)22)8-13-9-23-13/h6-7,13H,2-5,8-9H2,1H3,(H,19,20). The van der Waals surface area contributed by atoms with Gasteiger partial charge in [-0.2, -0.15) is 5.10 Å². The van der Waals surface area contributed by atoms with Crippen molar-refractivity contribution >= 4 is 21.8 Å². The minimum absolute atomic E-state index is 0.0463. The molecule has 0 radical (unpaired) electrons. The van der Waals surface area contributed by atoms with Crippen LogP contribution < -0.4 is 5.56 Å². The smallest absolute Gasteiger partial charge is 0.262 e. The Kier molecular flexibility index (Phi) is 2.71. The van der Waals surface area contributed by atoms with E-state index in [2.05, 4.69) is 22.3 Å². The van der Waals surface area contributed by atoms with Crippen LogP contribution in [0.15, 0.2) is 16.9 Å². The fourth-order valence-corrected chi connectivity index (χ4v) is 3.87. The van der Waals surface area contributed by atoms with Crippen molar-refractivity contribution in [3.8, 4) is 0 Å². The van der Waals surface area contributed by atoms with Gasteiger partial charge in [0.15, 0.2) is 0 Å². The maximum absolute atomic E-state index is 13.0. The highest BCUT2D eigenvalue weighted by molar-refractivity contribution is 6.04. The molecule has 1 saturated heterocycles. The van der Waals surface area contributed by atoms with Gasteiger partial charge in [0, 0.05) is 11.1 Å². The van der Waals surface area contributed by atoms with Gasteiger partial charge in [-0.05, 0) is 55.9 Å². The first-order valence-electron chi connectivity index (χ1n) is 8.37. The van der Waals surface area contributed by atoms with Crippen molar-refractivity contribution in [3.05, 3.63) is 39.3 Å². The topological polar surface area (TPSA) is 63.2 Å². The lowest BCUT2D eigenvalue weighted by Gasteiger charge is -2.18. The zero-order chi connectivity index (χ0) is 15.6. The zero-order valence-electron chi connectivity index (χ0n) is 13.2. The van der Waals surface area contributed by atoms with Crippen LogP contribution in [0.3, 0.4) is 0 Å². The second kappa shape index (κ2) is 4.68. The summed E-state index contributed by atoms with van der Waals surface area (Å²) in [4.78, 5) is 13.0. The Morgan fingerprint density at radius 3 is 2.78 bits per heavy atom. The maximum Gasteiger partial charge on any atom is 0.262 e. The molecule has 1 aliphatic carbocycles. The molecular formula is C18H19N3O2. The highest BCUT2D eigenvalue weighted by Crippen LogP contribution is 2.30. The summed E-state index contributed by atoms with van der Waals surface area (Å²) >= 11 is 0. The van der Waals surface area contributed by atoms with Crippen molar-refractivity contribution in [2.75, 3.05) is 6.61 Å². The van der Waals surface area contributed by atoms with Crippen molar-refractivity contribution in [1.29, 1.82) is 0 Å². The Morgan fingerprint density at radius 2 is 2.04 bits per heavy atom. The number of pyridine rings is 1. The van der Waals surface area contributed by atoms with Gasteiger partial charge in [0.2, 0.25) is 0 Å². The molecule has 3 heterocycles. The third-order valence-corrected chi connectivity index (χ3v) is 5.20. The van der Waals surface area contributed by atoms with Crippen LogP contribution in [0.2, 0.25) is 0 Å². The lowest BCUT2D eigenvalue weighted by atomic mass is 9.90.